The second-order valence-electron chi connectivity index (χ2n) is 5.82. The molecule has 2 aromatic carbocycles. The fourth-order valence-electron chi connectivity index (χ4n) is 3.21. The van der Waals surface area contributed by atoms with Crippen LogP contribution in [0.3, 0.4) is 0 Å². The lowest BCUT2D eigenvalue weighted by molar-refractivity contribution is -0.146. The zero-order valence-corrected chi connectivity index (χ0v) is 14.7. The minimum Gasteiger partial charge on any atom is -0.467 e. The van der Waals surface area contributed by atoms with Gasteiger partial charge >= 0.3 is 21.5 Å². The topological polar surface area (TPSA) is 83.9 Å². The first kappa shape index (κ1) is 19.2. The Kier molecular flexibility index (Phi) is 4.43. The lowest BCUT2D eigenvalue weighted by Gasteiger charge is -2.33. The Balaban J connectivity index is 2.38. The van der Waals surface area contributed by atoms with Crippen LogP contribution in [0.25, 0.3) is 0 Å². The number of hydrogen-bond donors (Lipinski definition) is 1. The summed E-state index contributed by atoms with van der Waals surface area (Å²) < 4.78 is 68.9. The van der Waals surface area contributed by atoms with E-state index < -0.39 is 38.8 Å². The molecule has 6 nitrogen and oxygen atoms in total. The molecule has 2 atom stereocenters. The maximum Gasteiger partial charge on any atom is 0.516 e. The van der Waals surface area contributed by atoms with Gasteiger partial charge in [0.1, 0.15) is 5.60 Å². The Morgan fingerprint density at radius 1 is 1.11 bits per heavy atom. The highest BCUT2D eigenvalue weighted by atomic mass is 32.2. The van der Waals surface area contributed by atoms with Gasteiger partial charge in [0, 0.05) is 5.56 Å². The molecule has 0 aliphatic carbocycles. The second kappa shape index (κ2) is 6.24. The third-order valence-electron chi connectivity index (χ3n) is 4.37. The first-order chi connectivity index (χ1) is 12.6. The van der Waals surface area contributed by atoms with E-state index in [1.807, 2.05) is 0 Å². The minimum atomic E-state index is -6.00. The molecule has 27 heavy (non-hydrogen) atoms. The normalized spacial score (nSPS) is 22.4. The fourth-order valence-corrected chi connectivity index (χ4v) is 4.36. The van der Waals surface area contributed by atoms with Crippen LogP contribution in [0.4, 0.5) is 18.9 Å². The minimum absolute atomic E-state index is 0.0488. The number of methoxy groups -OCH3 is 1. The molecule has 1 aliphatic heterocycles. The Morgan fingerprint density at radius 2 is 1.67 bits per heavy atom. The largest absolute Gasteiger partial charge is 0.516 e. The number of benzene rings is 2. The number of fused-ring (bicyclic) bond motifs is 1. The summed E-state index contributed by atoms with van der Waals surface area (Å²) in [5.74, 6) is -1.33. The number of esters is 1. The quantitative estimate of drug-likeness (QED) is 0.797. The summed E-state index contributed by atoms with van der Waals surface area (Å²) in [5.41, 5.74) is -8.61. The van der Waals surface area contributed by atoms with Crippen molar-refractivity contribution in [1.29, 1.82) is 0 Å². The van der Waals surface area contributed by atoms with E-state index in [1.165, 1.54) is 42.5 Å². The van der Waals surface area contributed by atoms with Crippen molar-refractivity contribution in [3.8, 4) is 0 Å². The molecule has 1 aliphatic rings. The summed E-state index contributed by atoms with van der Waals surface area (Å²) in [6, 6.07) is 10.3. The molecule has 0 saturated carbocycles. The number of carbonyl (C=O) groups is 1. The molecular weight excluding hydrogens is 387 g/mol. The smallest absolute Gasteiger partial charge is 0.467 e. The van der Waals surface area contributed by atoms with Gasteiger partial charge in [-0.25, -0.2) is 9.10 Å². The van der Waals surface area contributed by atoms with E-state index >= 15 is 0 Å². The van der Waals surface area contributed by atoms with Gasteiger partial charge in [0.25, 0.3) is 0 Å². The van der Waals surface area contributed by atoms with Crippen LogP contribution in [0, 0.1) is 0 Å². The SMILES string of the molecule is COC(=O)[C@H]1N(S(=O)(=O)C(F)(F)F)c2ccccc2[C@]1(O)c1ccccc1. The molecule has 10 heteroatoms. The average Bonchev–Trinajstić information content (AvgIpc) is 2.92. The molecule has 2 aromatic rings. The summed E-state index contributed by atoms with van der Waals surface area (Å²) >= 11 is 0. The highest BCUT2D eigenvalue weighted by Gasteiger charge is 2.64. The van der Waals surface area contributed by atoms with Crippen molar-refractivity contribution in [2.75, 3.05) is 11.4 Å². The average molecular weight is 401 g/mol. The van der Waals surface area contributed by atoms with Crippen LogP contribution < -0.4 is 4.31 Å². The molecule has 1 N–H and O–H groups in total. The Morgan fingerprint density at radius 3 is 2.22 bits per heavy atom. The number of rotatable bonds is 3. The van der Waals surface area contributed by atoms with Gasteiger partial charge in [-0.2, -0.15) is 21.6 Å². The van der Waals surface area contributed by atoms with Gasteiger partial charge in [-0.05, 0) is 11.6 Å². The zero-order valence-electron chi connectivity index (χ0n) is 13.8. The molecule has 3 rings (SSSR count). The number of para-hydroxylation sites is 1. The van der Waals surface area contributed by atoms with E-state index in [1.54, 1.807) is 6.07 Å². The number of sulfonamides is 1. The number of halogens is 3. The first-order valence-corrected chi connectivity index (χ1v) is 9.06. The van der Waals surface area contributed by atoms with Crippen LogP contribution in [-0.2, 0) is 25.2 Å². The fraction of sp³-hybridized carbons (Fsp3) is 0.235. The van der Waals surface area contributed by atoms with Crippen LogP contribution >= 0.6 is 0 Å². The Labute approximate surface area is 152 Å². The van der Waals surface area contributed by atoms with Gasteiger partial charge in [-0.3, -0.25) is 0 Å². The lowest BCUT2D eigenvalue weighted by Crippen LogP contribution is -2.55. The molecule has 0 radical (unpaired) electrons. The summed E-state index contributed by atoms with van der Waals surface area (Å²) in [6.07, 6.45) is 0. The predicted molar refractivity (Wildman–Crippen MR) is 89.1 cm³/mol. The molecule has 0 bridgehead atoms. The van der Waals surface area contributed by atoms with Crippen molar-refractivity contribution in [3.05, 3.63) is 65.7 Å². The van der Waals surface area contributed by atoms with Crippen LogP contribution in [0.5, 0.6) is 0 Å². The highest BCUT2D eigenvalue weighted by Crippen LogP contribution is 2.51. The first-order valence-electron chi connectivity index (χ1n) is 7.62. The van der Waals surface area contributed by atoms with Gasteiger partial charge < -0.3 is 9.84 Å². The van der Waals surface area contributed by atoms with Crippen molar-refractivity contribution in [1.82, 2.24) is 0 Å². The van der Waals surface area contributed by atoms with E-state index in [2.05, 4.69) is 4.74 Å². The number of ether oxygens (including phenoxy) is 1. The molecule has 0 amide bonds. The van der Waals surface area contributed by atoms with E-state index in [0.29, 0.717) is 0 Å². The van der Waals surface area contributed by atoms with Gasteiger partial charge in [-0.1, -0.05) is 48.5 Å². The van der Waals surface area contributed by atoms with Gasteiger partial charge in [0.2, 0.25) is 0 Å². The third kappa shape index (κ3) is 2.67. The van der Waals surface area contributed by atoms with Crippen LogP contribution in [-0.4, -0.2) is 38.2 Å². The molecule has 0 aromatic heterocycles. The van der Waals surface area contributed by atoms with Gasteiger partial charge in [0.15, 0.2) is 6.04 Å². The molecule has 0 unspecified atom stereocenters. The molecule has 144 valence electrons. The monoisotopic (exact) mass is 401 g/mol. The molecule has 1 heterocycles. The maximum absolute atomic E-state index is 13.3. The van der Waals surface area contributed by atoms with Crippen molar-refractivity contribution < 1.29 is 36.2 Å². The predicted octanol–water partition coefficient (Wildman–Crippen LogP) is 2.13. The van der Waals surface area contributed by atoms with Gasteiger partial charge in [-0.15, -0.1) is 0 Å². The number of hydrogen-bond acceptors (Lipinski definition) is 5. The highest BCUT2D eigenvalue weighted by molar-refractivity contribution is 7.93. The van der Waals surface area contributed by atoms with E-state index in [0.717, 1.165) is 13.2 Å². The van der Waals surface area contributed by atoms with Crippen LogP contribution in [0.15, 0.2) is 54.6 Å². The van der Waals surface area contributed by atoms with E-state index in [4.69, 9.17) is 0 Å². The molecule has 0 saturated heterocycles. The van der Waals surface area contributed by atoms with Crippen LogP contribution in [0.2, 0.25) is 0 Å². The van der Waals surface area contributed by atoms with E-state index in [9.17, 15) is 31.5 Å². The molecular formula is C17H14F3NO5S. The van der Waals surface area contributed by atoms with Crippen molar-refractivity contribution in [2.24, 2.45) is 0 Å². The summed E-state index contributed by atoms with van der Waals surface area (Å²) in [7, 11) is -5.10. The van der Waals surface area contributed by atoms with Crippen molar-refractivity contribution >= 4 is 21.7 Å². The van der Waals surface area contributed by atoms with Gasteiger partial charge in [0.05, 0.1) is 12.8 Å². The molecule has 0 spiro atoms. The molecule has 0 fully saturated rings. The summed E-state index contributed by atoms with van der Waals surface area (Å²) in [4.78, 5) is 12.4. The third-order valence-corrected chi connectivity index (χ3v) is 5.88. The van der Waals surface area contributed by atoms with Crippen molar-refractivity contribution in [2.45, 2.75) is 17.2 Å². The Hall–Kier alpha value is -2.59. The van der Waals surface area contributed by atoms with Crippen LogP contribution in [0.1, 0.15) is 11.1 Å². The summed E-state index contributed by atoms with van der Waals surface area (Å²) in [6.45, 7) is 0. The second-order valence-corrected chi connectivity index (χ2v) is 7.63. The number of carbonyl (C=O) groups excluding carboxylic acids is 1. The van der Waals surface area contributed by atoms with Crippen molar-refractivity contribution in [3.63, 3.8) is 0 Å². The maximum atomic E-state index is 13.3. The summed E-state index contributed by atoms with van der Waals surface area (Å²) in [5, 5.41) is 11.4. The number of anilines is 1. The Bertz CT molecular complexity index is 978. The number of nitrogens with zero attached hydrogens (tertiary/aromatic N) is 1. The van der Waals surface area contributed by atoms with E-state index in [-0.39, 0.29) is 15.4 Å². The number of aliphatic hydroxyl groups is 1. The lowest BCUT2D eigenvalue weighted by atomic mass is 9.83. The zero-order chi connectivity index (χ0) is 20.0. The number of alkyl halides is 3. The standard InChI is InChI=1S/C17H14F3NO5S/c1-26-15(22)14-16(23,11-7-3-2-4-8-11)12-9-5-6-10-13(12)21(14)27(24,25)17(18,19)20/h2-10,14,23H,1H3/t14-,16-/m1/s1.